The van der Waals surface area contributed by atoms with Crippen LogP contribution in [-0.2, 0) is 6.54 Å². The zero-order chi connectivity index (χ0) is 13.7. The maximum absolute atomic E-state index is 13.4. The van der Waals surface area contributed by atoms with Gasteiger partial charge in [-0.3, -0.25) is 10.6 Å². The van der Waals surface area contributed by atoms with E-state index in [1.807, 2.05) is 0 Å². The lowest BCUT2D eigenvalue weighted by molar-refractivity contribution is 0.288. The Bertz CT molecular complexity index is 423. The molecule has 0 aliphatic carbocycles. The Hall–Kier alpha value is -0.280. The predicted molar refractivity (Wildman–Crippen MR) is 68.7 cm³/mol. The Morgan fingerprint density at radius 3 is 2.50 bits per heavy atom. The molecule has 1 unspecified atom stereocenters. The molecule has 18 heavy (non-hydrogen) atoms. The van der Waals surface area contributed by atoms with E-state index in [1.54, 1.807) is 0 Å². The van der Waals surface area contributed by atoms with E-state index in [0.29, 0.717) is 6.54 Å². The molecule has 0 bridgehead atoms. The minimum atomic E-state index is -1.51. The standard InChI is InChI=1S/C10H12BrF3N2OS/c11-6-3-5(7(12)9(14)8(6)13)4-16-10(18)15-1-2-17/h3,10,15-18H,1-2,4H2. The third kappa shape index (κ3) is 4.13. The van der Waals surface area contributed by atoms with Crippen molar-refractivity contribution in [2.24, 2.45) is 0 Å². The zero-order valence-corrected chi connectivity index (χ0v) is 11.7. The van der Waals surface area contributed by atoms with E-state index in [-0.39, 0.29) is 23.2 Å². The topological polar surface area (TPSA) is 44.3 Å². The van der Waals surface area contributed by atoms with Crippen molar-refractivity contribution in [3.8, 4) is 0 Å². The second-order valence-corrected chi connectivity index (χ2v) is 4.79. The Morgan fingerprint density at radius 2 is 1.89 bits per heavy atom. The average Bonchev–Trinajstić information content (AvgIpc) is 2.36. The molecule has 3 N–H and O–H groups in total. The van der Waals surface area contributed by atoms with Crippen LogP contribution in [0, 0.1) is 17.5 Å². The highest BCUT2D eigenvalue weighted by Gasteiger charge is 2.17. The minimum absolute atomic E-state index is 0.0226. The van der Waals surface area contributed by atoms with Gasteiger partial charge in [0.2, 0.25) is 0 Å². The van der Waals surface area contributed by atoms with Gasteiger partial charge in [0.1, 0.15) is 5.50 Å². The number of rotatable bonds is 6. The first-order chi connectivity index (χ1) is 8.47. The number of thiol groups is 1. The van der Waals surface area contributed by atoms with Gasteiger partial charge in [0.05, 0.1) is 11.1 Å². The summed E-state index contributed by atoms with van der Waals surface area (Å²) in [7, 11) is 0. The Balaban J connectivity index is 2.68. The molecular weight excluding hydrogens is 333 g/mol. The second kappa shape index (κ2) is 7.34. The van der Waals surface area contributed by atoms with Gasteiger partial charge in [0.25, 0.3) is 0 Å². The van der Waals surface area contributed by atoms with E-state index in [9.17, 15) is 13.2 Å². The first-order valence-electron chi connectivity index (χ1n) is 5.05. The lowest BCUT2D eigenvalue weighted by Crippen LogP contribution is -2.38. The fraction of sp³-hybridized carbons (Fsp3) is 0.400. The molecular formula is C10H12BrF3N2OS. The van der Waals surface area contributed by atoms with Crippen LogP contribution < -0.4 is 10.6 Å². The highest BCUT2D eigenvalue weighted by atomic mass is 79.9. The number of aliphatic hydroxyl groups excluding tert-OH is 1. The molecule has 0 fully saturated rings. The van der Waals surface area contributed by atoms with Crippen LogP contribution in [0.5, 0.6) is 0 Å². The first-order valence-corrected chi connectivity index (χ1v) is 6.36. The van der Waals surface area contributed by atoms with Crippen LogP contribution in [0.1, 0.15) is 5.56 Å². The van der Waals surface area contributed by atoms with Crippen LogP contribution in [0.4, 0.5) is 13.2 Å². The molecule has 0 aliphatic rings. The van der Waals surface area contributed by atoms with Crippen molar-refractivity contribution in [3.63, 3.8) is 0 Å². The zero-order valence-electron chi connectivity index (χ0n) is 9.18. The molecule has 8 heteroatoms. The van der Waals surface area contributed by atoms with Gasteiger partial charge in [-0.25, -0.2) is 13.2 Å². The van der Waals surface area contributed by atoms with E-state index in [4.69, 9.17) is 5.11 Å². The number of hydrogen-bond acceptors (Lipinski definition) is 4. The number of hydrogen-bond donors (Lipinski definition) is 4. The lowest BCUT2D eigenvalue weighted by atomic mass is 10.2. The van der Waals surface area contributed by atoms with Crippen LogP contribution in [0.25, 0.3) is 0 Å². The maximum atomic E-state index is 13.4. The normalized spacial score (nSPS) is 12.8. The summed E-state index contributed by atoms with van der Waals surface area (Å²) in [6.45, 7) is 0.211. The second-order valence-electron chi connectivity index (χ2n) is 3.42. The smallest absolute Gasteiger partial charge is 0.195 e. The Labute approximate surface area is 116 Å². The molecule has 0 amide bonds. The Kier molecular flexibility index (Phi) is 6.44. The van der Waals surface area contributed by atoms with Crippen molar-refractivity contribution in [3.05, 3.63) is 33.6 Å². The van der Waals surface area contributed by atoms with Gasteiger partial charge >= 0.3 is 0 Å². The van der Waals surface area contributed by atoms with Crippen molar-refractivity contribution >= 4 is 28.6 Å². The third-order valence-electron chi connectivity index (χ3n) is 2.11. The van der Waals surface area contributed by atoms with E-state index in [2.05, 4.69) is 39.2 Å². The van der Waals surface area contributed by atoms with Crippen molar-refractivity contribution in [2.75, 3.05) is 13.2 Å². The van der Waals surface area contributed by atoms with Gasteiger partial charge in [0, 0.05) is 18.7 Å². The molecule has 0 heterocycles. The highest BCUT2D eigenvalue weighted by Crippen LogP contribution is 2.23. The fourth-order valence-electron chi connectivity index (χ4n) is 1.23. The summed E-state index contributed by atoms with van der Waals surface area (Å²) in [6.07, 6.45) is 0. The largest absolute Gasteiger partial charge is 0.395 e. The molecule has 3 nitrogen and oxygen atoms in total. The van der Waals surface area contributed by atoms with Crippen LogP contribution in [0.3, 0.4) is 0 Å². The predicted octanol–water partition coefficient (Wildman–Crippen LogP) is 1.75. The molecule has 0 aliphatic heterocycles. The number of halogens is 4. The highest BCUT2D eigenvalue weighted by molar-refractivity contribution is 9.10. The van der Waals surface area contributed by atoms with Gasteiger partial charge < -0.3 is 5.11 Å². The molecule has 0 aromatic heterocycles. The van der Waals surface area contributed by atoms with Crippen LogP contribution in [0.2, 0.25) is 0 Å². The number of benzene rings is 1. The number of nitrogens with one attached hydrogen (secondary N) is 2. The average molecular weight is 345 g/mol. The molecule has 1 aromatic rings. The van der Waals surface area contributed by atoms with Crippen molar-refractivity contribution in [1.29, 1.82) is 0 Å². The van der Waals surface area contributed by atoms with Crippen LogP contribution in [0.15, 0.2) is 10.5 Å². The quantitative estimate of drug-likeness (QED) is 0.275. The summed E-state index contributed by atoms with van der Waals surface area (Å²) in [5, 5.41) is 14.1. The molecule has 102 valence electrons. The van der Waals surface area contributed by atoms with Gasteiger partial charge in [-0.1, -0.05) is 0 Å². The molecule has 0 radical (unpaired) electrons. The molecule has 0 spiro atoms. The summed E-state index contributed by atoms with van der Waals surface area (Å²) < 4.78 is 39.3. The molecule has 1 atom stereocenters. The van der Waals surface area contributed by atoms with Crippen molar-refractivity contribution in [2.45, 2.75) is 12.0 Å². The molecule has 0 saturated carbocycles. The summed E-state index contributed by atoms with van der Waals surface area (Å²) in [5.41, 5.74) is -0.519. The summed E-state index contributed by atoms with van der Waals surface area (Å²) in [4.78, 5) is 0. The van der Waals surface area contributed by atoms with Crippen LogP contribution in [-0.4, -0.2) is 23.8 Å². The fourth-order valence-corrected chi connectivity index (χ4v) is 1.90. The SMILES string of the molecule is OCCNC(S)NCc1cc(Br)c(F)c(F)c1F. The van der Waals surface area contributed by atoms with Gasteiger partial charge in [-0.15, -0.1) is 12.6 Å². The maximum Gasteiger partial charge on any atom is 0.195 e. The number of aliphatic hydroxyl groups is 1. The monoisotopic (exact) mass is 344 g/mol. The van der Waals surface area contributed by atoms with Crippen LogP contribution >= 0.6 is 28.6 Å². The minimum Gasteiger partial charge on any atom is -0.395 e. The van der Waals surface area contributed by atoms with Crippen molar-refractivity contribution in [1.82, 2.24) is 10.6 Å². The van der Waals surface area contributed by atoms with Gasteiger partial charge in [-0.05, 0) is 22.0 Å². The van der Waals surface area contributed by atoms with E-state index >= 15 is 0 Å². The lowest BCUT2D eigenvalue weighted by Gasteiger charge is -2.15. The third-order valence-corrected chi connectivity index (χ3v) is 3.06. The van der Waals surface area contributed by atoms with Crippen molar-refractivity contribution < 1.29 is 18.3 Å². The van der Waals surface area contributed by atoms with Gasteiger partial charge in [-0.2, -0.15) is 0 Å². The summed E-state index contributed by atoms with van der Waals surface area (Å²) in [5.74, 6) is -4.00. The van der Waals surface area contributed by atoms with E-state index in [1.165, 1.54) is 0 Å². The summed E-state index contributed by atoms with van der Waals surface area (Å²) in [6, 6.07) is 1.16. The summed E-state index contributed by atoms with van der Waals surface area (Å²) >= 11 is 6.87. The Morgan fingerprint density at radius 1 is 1.22 bits per heavy atom. The molecule has 1 rings (SSSR count). The van der Waals surface area contributed by atoms with E-state index < -0.39 is 22.9 Å². The molecule has 1 aromatic carbocycles. The van der Waals surface area contributed by atoms with E-state index in [0.717, 1.165) is 6.07 Å². The first kappa shape index (κ1) is 15.8. The van der Waals surface area contributed by atoms with Gasteiger partial charge in [0.15, 0.2) is 17.5 Å². The molecule has 0 saturated heterocycles.